The fourth-order valence-electron chi connectivity index (χ4n) is 1.49. The first-order valence-corrected chi connectivity index (χ1v) is 5.19. The van der Waals surface area contributed by atoms with Gasteiger partial charge in [0, 0.05) is 11.5 Å². The van der Waals surface area contributed by atoms with Gasteiger partial charge in [-0.2, -0.15) is 0 Å². The molecule has 1 aromatic heterocycles. The fraction of sp³-hybridized carbons (Fsp3) is 0.308. The Labute approximate surface area is 90.0 Å². The van der Waals surface area contributed by atoms with Crippen molar-refractivity contribution in [2.75, 3.05) is 0 Å². The van der Waals surface area contributed by atoms with Gasteiger partial charge in [-0.3, -0.25) is 0 Å². The molecular formula is C13H15NO. The Hall–Kier alpha value is -1.57. The van der Waals surface area contributed by atoms with E-state index in [1.165, 1.54) is 5.56 Å². The van der Waals surface area contributed by atoms with E-state index in [4.69, 9.17) is 4.42 Å². The second-order valence-electron chi connectivity index (χ2n) is 4.10. The van der Waals surface area contributed by atoms with Crippen molar-refractivity contribution < 1.29 is 4.42 Å². The molecule has 0 radical (unpaired) electrons. The molecule has 2 nitrogen and oxygen atoms in total. The number of benzene rings is 1. The molecule has 2 heteroatoms. The van der Waals surface area contributed by atoms with Crippen LogP contribution in [0.3, 0.4) is 0 Å². The van der Waals surface area contributed by atoms with Gasteiger partial charge in [-0.1, -0.05) is 37.6 Å². The van der Waals surface area contributed by atoms with Gasteiger partial charge in [0.1, 0.15) is 12.0 Å². The molecule has 0 aliphatic rings. The first kappa shape index (κ1) is 9.97. The number of aromatic nitrogens is 1. The van der Waals surface area contributed by atoms with Crippen molar-refractivity contribution in [2.24, 2.45) is 0 Å². The van der Waals surface area contributed by atoms with E-state index < -0.39 is 0 Å². The Morgan fingerprint density at radius 1 is 1.27 bits per heavy atom. The van der Waals surface area contributed by atoms with Crippen molar-refractivity contribution in [2.45, 2.75) is 26.7 Å². The molecule has 0 spiro atoms. The van der Waals surface area contributed by atoms with Gasteiger partial charge in [-0.15, -0.1) is 0 Å². The van der Waals surface area contributed by atoms with Crippen molar-refractivity contribution in [1.82, 2.24) is 4.98 Å². The summed E-state index contributed by atoms with van der Waals surface area (Å²) in [5.41, 5.74) is 3.27. The quantitative estimate of drug-likeness (QED) is 0.739. The predicted octanol–water partition coefficient (Wildman–Crippen LogP) is 3.77. The van der Waals surface area contributed by atoms with Crippen LogP contribution in [0.5, 0.6) is 0 Å². The number of aryl methyl sites for hydroxylation is 1. The summed E-state index contributed by atoms with van der Waals surface area (Å²) in [6, 6.07) is 8.28. The van der Waals surface area contributed by atoms with Crippen LogP contribution < -0.4 is 0 Å². The zero-order valence-corrected chi connectivity index (χ0v) is 9.32. The minimum atomic E-state index is 0.337. The average molecular weight is 201 g/mol. The predicted molar refractivity (Wildman–Crippen MR) is 60.8 cm³/mol. The molecule has 0 saturated heterocycles. The normalized spacial score (nSPS) is 10.9. The van der Waals surface area contributed by atoms with Gasteiger partial charge in [0.05, 0.1) is 0 Å². The molecule has 15 heavy (non-hydrogen) atoms. The van der Waals surface area contributed by atoms with Gasteiger partial charge in [0.25, 0.3) is 0 Å². The van der Waals surface area contributed by atoms with Crippen molar-refractivity contribution >= 4 is 0 Å². The van der Waals surface area contributed by atoms with Crippen LogP contribution in [0.4, 0.5) is 0 Å². The average Bonchev–Trinajstić information content (AvgIpc) is 2.66. The molecule has 1 heterocycles. The summed E-state index contributed by atoms with van der Waals surface area (Å²) in [7, 11) is 0. The van der Waals surface area contributed by atoms with Gasteiger partial charge < -0.3 is 4.42 Å². The van der Waals surface area contributed by atoms with E-state index in [9.17, 15) is 0 Å². The van der Waals surface area contributed by atoms with Crippen LogP contribution >= 0.6 is 0 Å². The van der Waals surface area contributed by atoms with Gasteiger partial charge in [-0.25, -0.2) is 4.98 Å². The minimum Gasteiger partial charge on any atom is -0.448 e. The molecule has 78 valence electrons. The first-order chi connectivity index (χ1) is 7.16. The van der Waals surface area contributed by atoms with Crippen LogP contribution in [0.1, 0.15) is 31.2 Å². The summed E-state index contributed by atoms with van der Waals surface area (Å²) in [5.74, 6) is 1.13. The van der Waals surface area contributed by atoms with E-state index in [2.05, 4.69) is 44.0 Å². The summed E-state index contributed by atoms with van der Waals surface area (Å²) >= 11 is 0. The van der Waals surface area contributed by atoms with Crippen molar-refractivity contribution in [3.05, 3.63) is 42.0 Å². The highest BCUT2D eigenvalue weighted by molar-refractivity contribution is 5.58. The zero-order chi connectivity index (χ0) is 10.8. The smallest absolute Gasteiger partial charge is 0.197 e. The maximum absolute atomic E-state index is 5.41. The zero-order valence-electron chi connectivity index (χ0n) is 9.32. The third-order valence-electron chi connectivity index (χ3n) is 2.33. The van der Waals surface area contributed by atoms with Crippen LogP contribution in [0, 0.1) is 6.92 Å². The third-order valence-corrected chi connectivity index (χ3v) is 2.33. The largest absolute Gasteiger partial charge is 0.448 e. The van der Waals surface area contributed by atoms with Crippen LogP contribution in [0.25, 0.3) is 11.3 Å². The number of hydrogen-bond donors (Lipinski definition) is 0. The lowest BCUT2D eigenvalue weighted by atomic mass is 10.1. The number of hydrogen-bond acceptors (Lipinski definition) is 2. The van der Waals surface area contributed by atoms with Gasteiger partial charge in [-0.05, 0) is 13.0 Å². The standard InChI is InChI=1S/C13H15NO/c1-9(2)13-14-12(8-15-13)11-6-4-5-10(3)7-11/h4-9H,1-3H3. The molecule has 0 N–H and O–H groups in total. The molecule has 0 saturated carbocycles. The highest BCUT2D eigenvalue weighted by Crippen LogP contribution is 2.22. The molecule has 0 bridgehead atoms. The Morgan fingerprint density at radius 2 is 2.07 bits per heavy atom. The second kappa shape index (κ2) is 3.89. The maximum atomic E-state index is 5.41. The summed E-state index contributed by atoms with van der Waals surface area (Å²) in [6.45, 7) is 6.23. The molecule has 0 aliphatic carbocycles. The number of rotatable bonds is 2. The monoisotopic (exact) mass is 201 g/mol. The Balaban J connectivity index is 2.37. The van der Waals surface area contributed by atoms with Gasteiger partial charge in [0.2, 0.25) is 0 Å². The lowest BCUT2D eigenvalue weighted by Gasteiger charge is -1.97. The summed E-state index contributed by atoms with van der Waals surface area (Å²) in [6.07, 6.45) is 1.73. The highest BCUT2D eigenvalue weighted by Gasteiger charge is 2.08. The molecule has 0 fully saturated rings. The van der Waals surface area contributed by atoms with Crippen LogP contribution in [-0.4, -0.2) is 4.98 Å². The van der Waals surface area contributed by atoms with Crippen LogP contribution in [0.2, 0.25) is 0 Å². The molecule has 0 atom stereocenters. The second-order valence-corrected chi connectivity index (χ2v) is 4.10. The van der Waals surface area contributed by atoms with Crippen molar-refractivity contribution in [1.29, 1.82) is 0 Å². The SMILES string of the molecule is Cc1cccc(-c2coc(C(C)C)n2)c1. The maximum Gasteiger partial charge on any atom is 0.197 e. The molecule has 1 aromatic carbocycles. The fourth-order valence-corrected chi connectivity index (χ4v) is 1.49. The van der Waals surface area contributed by atoms with Crippen molar-refractivity contribution in [3.8, 4) is 11.3 Å². The Bertz CT molecular complexity index is 457. The van der Waals surface area contributed by atoms with Gasteiger partial charge >= 0.3 is 0 Å². The van der Waals surface area contributed by atoms with Crippen molar-refractivity contribution in [3.63, 3.8) is 0 Å². The highest BCUT2D eigenvalue weighted by atomic mass is 16.3. The van der Waals surface area contributed by atoms with Crippen LogP contribution in [-0.2, 0) is 0 Å². The topological polar surface area (TPSA) is 26.0 Å². The van der Waals surface area contributed by atoms with E-state index >= 15 is 0 Å². The van der Waals surface area contributed by atoms with Crippen LogP contribution in [0.15, 0.2) is 34.9 Å². The molecule has 0 unspecified atom stereocenters. The molecule has 2 rings (SSSR count). The summed E-state index contributed by atoms with van der Waals surface area (Å²) < 4.78 is 5.41. The van der Waals surface area contributed by atoms with E-state index in [0.717, 1.165) is 17.1 Å². The van der Waals surface area contributed by atoms with Gasteiger partial charge in [0.15, 0.2) is 5.89 Å². The Morgan fingerprint density at radius 3 is 2.67 bits per heavy atom. The molecular weight excluding hydrogens is 186 g/mol. The van der Waals surface area contributed by atoms with E-state index in [1.807, 2.05) is 6.07 Å². The molecule has 0 aliphatic heterocycles. The van der Waals surface area contributed by atoms with E-state index in [-0.39, 0.29) is 0 Å². The minimum absolute atomic E-state index is 0.337. The Kier molecular flexibility index (Phi) is 2.58. The lowest BCUT2D eigenvalue weighted by Crippen LogP contribution is -1.86. The third kappa shape index (κ3) is 2.09. The molecule has 0 amide bonds. The van der Waals surface area contributed by atoms with E-state index in [1.54, 1.807) is 6.26 Å². The number of nitrogens with zero attached hydrogens (tertiary/aromatic N) is 1. The lowest BCUT2D eigenvalue weighted by molar-refractivity contribution is 0.471. The molecule has 2 aromatic rings. The van der Waals surface area contributed by atoms with E-state index in [0.29, 0.717) is 5.92 Å². The summed E-state index contributed by atoms with van der Waals surface area (Å²) in [4.78, 5) is 4.45. The summed E-state index contributed by atoms with van der Waals surface area (Å²) in [5, 5.41) is 0. The first-order valence-electron chi connectivity index (χ1n) is 5.19. The number of oxazole rings is 1.